The van der Waals surface area contributed by atoms with E-state index >= 15 is 0 Å². The Bertz CT molecular complexity index is 878. The zero-order chi connectivity index (χ0) is 25.6. The third-order valence-corrected chi connectivity index (χ3v) is 5.83. The van der Waals surface area contributed by atoms with E-state index in [1.54, 1.807) is 24.3 Å². The molecule has 0 saturated heterocycles. The average Bonchev–Trinajstić information content (AvgIpc) is 2.79. The number of Topliss-reactive ketones (excluding diaryl/α,β-unsaturated/α-hetero) is 3. The van der Waals surface area contributed by atoms with Gasteiger partial charge in [0.2, 0.25) is 11.8 Å². The maximum Gasteiger partial charge on any atom is 0.233 e. The van der Waals surface area contributed by atoms with Crippen LogP contribution in [0.5, 0.6) is 0 Å². The second kappa shape index (κ2) is 15.2. The van der Waals surface area contributed by atoms with Gasteiger partial charge in [-0.3, -0.25) is 24.0 Å². The Hall–Kier alpha value is -2.87. The van der Waals surface area contributed by atoms with Crippen molar-refractivity contribution in [2.75, 3.05) is 25.1 Å². The Morgan fingerprint density at radius 2 is 1.77 bits per heavy atom. The zero-order valence-corrected chi connectivity index (χ0v) is 20.9. The Morgan fingerprint density at radius 1 is 1.03 bits per heavy atom. The lowest BCUT2D eigenvalue weighted by Crippen LogP contribution is -2.30. The molecule has 0 bridgehead atoms. The maximum atomic E-state index is 12.4. The number of nitrogens with one attached hydrogen (secondary N) is 2. The van der Waals surface area contributed by atoms with E-state index in [1.807, 2.05) is 13.8 Å². The van der Waals surface area contributed by atoms with Crippen molar-refractivity contribution < 1.29 is 28.7 Å². The fourth-order valence-electron chi connectivity index (χ4n) is 4.06. The number of carbonyl (C=O) groups excluding carboxylic acids is 5. The molecular formula is C27H38N2O6. The molecule has 1 unspecified atom stereocenters. The molecular weight excluding hydrogens is 448 g/mol. The van der Waals surface area contributed by atoms with Crippen molar-refractivity contribution in [2.45, 2.75) is 71.6 Å². The summed E-state index contributed by atoms with van der Waals surface area (Å²) in [7, 11) is 0. The molecule has 1 aromatic carbocycles. The van der Waals surface area contributed by atoms with Crippen molar-refractivity contribution in [3.8, 4) is 0 Å². The van der Waals surface area contributed by atoms with Gasteiger partial charge in [-0.1, -0.05) is 32.4 Å². The van der Waals surface area contributed by atoms with Crippen molar-refractivity contribution in [3.05, 3.63) is 29.8 Å². The van der Waals surface area contributed by atoms with Crippen LogP contribution in [0.4, 0.5) is 5.69 Å². The summed E-state index contributed by atoms with van der Waals surface area (Å²) >= 11 is 0. The smallest absolute Gasteiger partial charge is 0.233 e. The van der Waals surface area contributed by atoms with Crippen molar-refractivity contribution in [3.63, 3.8) is 0 Å². The summed E-state index contributed by atoms with van der Waals surface area (Å²) in [4.78, 5) is 60.0. The lowest BCUT2D eigenvalue weighted by Gasteiger charge is -2.19. The molecule has 2 N–H and O–H groups in total. The molecule has 1 aliphatic rings. The number of hydrogen-bond donors (Lipinski definition) is 2. The van der Waals surface area contributed by atoms with Crippen LogP contribution >= 0.6 is 0 Å². The molecule has 0 aliphatic heterocycles. The number of carbonyl (C=O) groups is 5. The molecule has 1 atom stereocenters. The van der Waals surface area contributed by atoms with E-state index < -0.39 is 17.7 Å². The van der Waals surface area contributed by atoms with Crippen LogP contribution < -0.4 is 10.6 Å². The second-order valence-corrected chi connectivity index (χ2v) is 9.53. The highest BCUT2D eigenvalue weighted by atomic mass is 16.5. The normalized spacial score (nSPS) is 15.6. The molecule has 8 nitrogen and oxygen atoms in total. The summed E-state index contributed by atoms with van der Waals surface area (Å²) in [5, 5.41) is 5.30. The number of anilines is 1. The first-order chi connectivity index (χ1) is 16.7. The van der Waals surface area contributed by atoms with Gasteiger partial charge in [-0.05, 0) is 42.9 Å². The Balaban J connectivity index is 1.59. The zero-order valence-electron chi connectivity index (χ0n) is 20.9. The van der Waals surface area contributed by atoms with Gasteiger partial charge in [0.15, 0.2) is 0 Å². The first-order valence-electron chi connectivity index (χ1n) is 12.5. The lowest BCUT2D eigenvalue weighted by atomic mass is 9.83. The van der Waals surface area contributed by atoms with Crippen LogP contribution in [-0.2, 0) is 35.1 Å². The van der Waals surface area contributed by atoms with Gasteiger partial charge in [0.05, 0.1) is 12.5 Å². The van der Waals surface area contributed by atoms with E-state index in [4.69, 9.17) is 4.74 Å². The second-order valence-electron chi connectivity index (χ2n) is 9.53. The number of amides is 2. The highest BCUT2D eigenvalue weighted by Gasteiger charge is 2.28. The number of benzene rings is 1. The topological polar surface area (TPSA) is 119 Å². The summed E-state index contributed by atoms with van der Waals surface area (Å²) in [5.41, 5.74) is 1.32. The molecule has 0 heterocycles. The fraction of sp³-hybridized carbons (Fsp3) is 0.593. The third kappa shape index (κ3) is 11.4. The summed E-state index contributed by atoms with van der Waals surface area (Å²) in [6.45, 7) is 5.09. The van der Waals surface area contributed by atoms with Crippen molar-refractivity contribution in [1.82, 2.24) is 5.32 Å². The van der Waals surface area contributed by atoms with E-state index in [9.17, 15) is 24.0 Å². The van der Waals surface area contributed by atoms with Gasteiger partial charge in [0.1, 0.15) is 23.8 Å². The van der Waals surface area contributed by atoms with E-state index in [2.05, 4.69) is 10.6 Å². The minimum absolute atomic E-state index is 0.0450. The van der Waals surface area contributed by atoms with Gasteiger partial charge in [-0.15, -0.1) is 0 Å². The molecule has 0 radical (unpaired) electrons. The van der Waals surface area contributed by atoms with Crippen LogP contribution in [0.25, 0.3) is 0 Å². The molecule has 2 rings (SSSR count). The Morgan fingerprint density at radius 3 is 2.46 bits per heavy atom. The molecule has 1 aromatic rings. The van der Waals surface area contributed by atoms with Gasteiger partial charge in [-0.25, -0.2) is 0 Å². The van der Waals surface area contributed by atoms with Crippen LogP contribution in [0.3, 0.4) is 0 Å². The van der Waals surface area contributed by atoms with Crippen LogP contribution in [-0.4, -0.2) is 48.9 Å². The van der Waals surface area contributed by atoms with Gasteiger partial charge in [0.25, 0.3) is 0 Å². The molecule has 2 amide bonds. The highest BCUT2D eigenvalue weighted by Crippen LogP contribution is 2.23. The van der Waals surface area contributed by atoms with Crippen molar-refractivity contribution in [2.24, 2.45) is 11.8 Å². The number of ether oxygens (including phenoxy) is 1. The lowest BCUT2D eigenvalue weighted by molar-refractivity contribution is -0.134. The van der Waals surface area contributed by atoms with E-state index in [0.29, 0.717) is 56.9 Å². The molecule has 1 aliphatic carbocycles. The van der Waals surface area contributed by atoms with Crippen LogP contribution in [0.2, 0.25) is 0 Å². The van der Waals surface area contributed by atoms with Gasteiger partial charge >= 0.3 is 0 Å². The monoisotopic (exact) mass is 486 g/mol. The maximum absolute atomic E-state index is 12.4. The molecule has 1 fully saturated rings. The first-order valence-corrected chi connectivity index (χ1v) is 12.5. The quantitative estimate of drug-likeness (QED) is 0.290. The summed E-state index contributed by atoms with van der Waals surface area (Å²) < 4.78 is 5.41. The molecule has 8 heteroatoms. The van der Waals surface area contributed by atoms with Gasteiger partial charge in [0, 0.05) is 44.5 Å². The molecule has 192 valence electrons. The Kier molecular flexibility index (Phi) is 12.3. The average molecular weight is 487 g/mol. The van der Waals surface area contributed by atoms with Crippen molar-refractivity contribution in [1.29, 1.82) is 0 Å². The van der Waals surface area contributed by atoms with Crippen LogP contribution in [0.1, 0.15) is 70.8 Å². The largest absolute Gasteiger partial charge is 0.380 e. The fourth-order valence-corrected chi connectivity index (χ4v) is 4.06. The van der Waals surface area contributed by atoms with Crippen molar-refractivity contribution >= 4 is 34.9 Å². The number of hydrogen-bond acceptors (Lipinski definition) is 6. The molecule has 35 heavy (non-hydrogen) atoms. The van der Waals surface area contributed by atoms with E-state index in [1.165, 1.54) is 0 Å². The highest BCUT2D eigenvalue weighted by molar-refractivity contribution is 6.04. The summed E-state index contributed by atoms with van der Waals surface area (Å²) in [6, 6.07) is 6.85. The minimum atomic E-state index is -0.481. The van der Waals surface area contributed by atoms with Gasteiger partial charge in [-0.2, -0.15) is 0 Å². The van der Waals surface area contributed by atoms with Crippen LogP contribution in [0, 0.1) is 11.8 Å². The van der Waals surface area contributed by atoms with E-state index in [0.717, 1.165) is 18.4 Å². The standard InChI is InChI=1S/C27H38N2O6/c1-19(2)16-22(30)6-5-14-35-15-13-28-26(33)18-27(34)29-21-11-9-20(10-12-21)17-25(32)23-7-3-4-8-24(23)31/h9-12,19,23H,3-8,13-18H2,1-2H3,(H,28,33)(H,29,34). The first kappa shape index (κ1) is 28.4. The third-order valence-electron chi connectivity index (χ3n) is 5.83. The predicted molar refractivity (Wildman–Crippen MR) is 133 cm³/mol. The molecule has 0 spiro atoms. The predicted octanol–water partition coefficient (Wildman–Crippen LogP) is 3.41. The minimum Gasteiger partial charge on any atom is -0.380 e. The number of ketones is 3. The van der Waals surface area contributed by atoms with Crippen LogP contribution in [0.15, 0.2) is 24.3 Å². The molecule has 1 saturated carbocycles. The van der Waals surface area contributed by atoms with Gasteiger partial charge < -0.3 is 15.4 Å². The number of rotatable bonds is 15. The molecule has 0 aromatic heterocycles. The van der Waals surface area contributed by atoms with E-state index in [-0.39, 0.29) is 36.7 Å². The Labute approximate surface area is 207 Å². The SMILES string of the molecule is CC(C)CC(=O)CCCOCCNC(=O)CC(=O)Nc1ccc(CC(=O)C2CCCCC2=O)cc1. The summed E-state index contributed by atoms with van der Waals surface area (Å²) in [6.07, 6.45) is 4.54. The summed E-state index contributed by atoms with van der Waals surface area (Å²) in [5.74, 6) is -0.727.